The molecule has 0 rings (SSSR count). The van der Waals surface area contributed by atoms with Crippen LogP contribution in [0.5, 0.6) is 0 Å². The fraction of sp³-hybridized carbons (Fsp3) is 0.948. The number of carbonyl (C=O) groups is 4. The number of unbranched alkanes of at least 4 members (excludes halogenated alkanes) is 45. The number of phosphoric ester groups is 2. The molecule has 6 atom stereocenters. The van der Waals surface area contributed by atoms with Gasteiger partial charge >= 0.3 is 39.5 Å². The van der Waals surface area contributed by atoms with Crippen LogP contribution < -0.4 is 0 Å². The molecule has 0 spiro atoms. The van der Waals surface area contributed by atoms with Crippen molar-refractivity contribution in [1.82, 2.24) is 0 Å². The van der Waals surface area contributed by atoms with Crippen molar-refractivity contribution in [3.05, 3.63) is 0 Å². The zero-order valence-corrected chi connectivity index (χ0v) is 64.5. The lowest BCUT2D eigenvalue weighted by Crippen LogP contribution is -2.30. The Labute approximate surface area is 588 Å². The van der Waals surface area contributed by atoms with E-state index in [0.29, 0.717) is 25.7 Å². The smallest absolute Gasteiger partial charge is 0.462 e. The van der Waals surface area contributed by atoms with Gasteiger partial charge in [0.25, 0.3) is 0 Å². The molecule has 3 N–H and O–H groups in total. The Morgan fingerprint density at radius 2 is 0.531 bits per heavy atom. The number of hydrogen-bond donors (Lipinski definition) is 3. The largest absolute Gasteiger partial charge is 0.472 e. The summed E-state index contributed by atoms with van der Waals surface area (Å²) in [6, 6.07) is 0. The molecular formula is C77H150O17P2. The molecule has 0 heterocycles. The van der Waals surface area contributed by atoms with Crippen molar-refractivity contribution in [2.75, 3.05) is 39.6 Å². The molecule has 0 amide bonds. The predicted molar refractivity (Wildman–Crippen MR) is 391 cm³/mol. The quantitative estimate of drug-likeness (QED) is 0.0222. The SMILES string of the molecule is CCCCCCCCCCCCCCCCCCCCCCC(=O)O[C@H](COC(=O)CCCCCCCCCCCCCCC(C)C)COP(=O)(O)OC[C@@H](O)COP(=O)(O)OC[C@@H](COC(=O)CCCCCCCCCCC)OC(=O)CCCCCCCCCCC(C)CC. The van der Waals surface area contributed by atoms with Crippen molar-refractivity contribution in [2.24, 2.45) is 11.8 Å². The van der Waals surface area contributed by atoms with E-state index >= 15 is 0 Å². The third kappa shape index (κ3) is 69.2. The molecular weight excluding hydrogens is 1260 g/mol. The van der Waals surface area contributed by atoms with Gasteiger partial charge in [0.15, 0.2) is 12.2 Å². The number of rotatable bonds is 76. The van der Waals surface area contributed by atoms with Crippen LogP contribution in [0.25, 0.3) is 0 Å². The number of aliphatic hydroxyl groups is 1. The zero-order valence-electron chi connectivity index (χ0n) is 62.7. The fourth-order valence-corrected chi connectivity index (χ4v) is 13.4. The summed E-state index contributed by atoms with van der Waals surface area (Å²) >= 11 is 0. The summed E-state index contributed by atoms with van der Waals surface area (Å²) in [5.74, 6) is -0.565. The van der Waals surface area contributed by atoms with Crippen molar-refractivity contribution < 1.29 is 80.2 Å². The molecule has 19 heteroatoms. The van der Waals surface area contributed by atoms with Crippen LogP contribution in [0, 0.1) is 11.8 Å². The molecule has 0 aromatic carbocycles. The summed E-state index contributed by atoms with van der Waals surface area (Å²) in [5.41, 5.74) is 0. The Kier molecular flexibility index (Phi) is 67.4. The highest BCUT2D eigenvalue weighted by Gasteiger charge is 2.30. The minimum Gasteiger partial charge on any atom is -0.462 e. The number of esters is 4. The maximum absolute atomic E-state index is 13.1. The Balaban J connectivity index is 5.21. The van der Waals surface area contributed by atoms with Gasteiger partial charge in [-0.05, 0) is 37.5 Å². The van der Waals surface area contributed by atoms with Crippen LogP contribution in [-0.2, 0) is 65.4 Å². The van der Waals surface area contributed by atoms with Crippen LogP contribution in [0.4, 0.5) is 0 Å². The first-order valence-electron chi connectivity index (χ1n) is 40.0. The number of aliphatic hydroxyl groups excluding tert-OH is 1. The molecule has 17 nitrogen and oxygen atoms in total. The number of hydrogen-bond acceptors (Lipinski definition) is 15. The van der Waals surface area contributed by atoms with E-state index in [1.54, 1.807) is 0 Å². The lowest BCUT2D eigenvalue weighted by molar-refractivity contribution is -0.161. The topological polar surface area (TPSA) is 237 Å². The number of phosphoric acid groups is 2. The summed E-state index contributed by atoms with van der Waals surface area (Å²) < 4.78 is 68.5. The fourth-order valence-electron chi connectivity index (χ4n) is 11.8. The standard InChI is InChI=1S/C77H150O17P2/c1-7-10-12-14-16-18-19-20-21-22-23-24-25-26-27-32-36-43-49-55-61-76(81)93-72(66-88-75(80)60-54-48-42-35-31-29-28-30-34-39-45-51-57-69(4)5)67-91-95(83,84)89-63-71(78)64-90-96(85,86)92-68-73(65-87-74(79)59-53-47-41-33-17-15-13-11-8-2)94-77(82)62-56-50-44-38-37-40-46-52-58-70(6)9-3/h69-73,78H,7-68H2,1-6H3,(H,83,84)(H,85,86)/t70?,71-,72-,73-/m1/s1. The molecule has 570 valence electrons. The van der Waals surface area contributed by atoms with Gasteiger partial charge in [-0.15, -0.1) is 0 Å². The van der Waals surface area contributed by atoms with Gasteiger partial charge in [0.2, 0.25) is 0 Å². The zero-order chi connectivity index (χ0) is 70.7. The van der Waals surface area contributed by atoms with E-state index in [2.05, 4.69) is 41.5 Å². The van der Waals surface area contributed by atoms with E-state index in [1.165, 1.54) is 218 Å². The maximum atomic E-state index is 13.1. The molecule has 0 aliphatic rings. The van der Waals surface area contributed by atoms with Gasteiger partial charge in [-0.1, -0.05) is 350 Å². The van der Waals surface area contributed by atoms with E-state index in [0.717, 1.165) is 102 Å². The predicted octanol–water partition coefficient (Wildman–Crippen LogP) is 22.7. The molecule has 0 aromatic rings. The Bertz CT molecular complexity index is 1860. The highest BCUT2D eigenvalue weighted by molar-refractivity contribution is 7.47. The van der Waals surface area contributed by atoms with Gasteiger partial charge < -0.3 is 33.8 Å². The molecule has 0 aliphatic carbocycles. The van der Waals surface area contributed by atoms with E-state index in [1.807, 2.05) is 0 Å². The first-order chi connectivity index (χ1) is 46.4. The summed E-state index contributed by atoms with van der Waals surface area (Å²) in [4.78, 5) is 72.8. The van der Waals surface area contributed by atoms with Crippen molar-refractivity contribution >= 4 is 39.5 Å². The highest BCUT2D eigenvalue weighted by Crippen LogP contribution is 2.45. The van der Waals surface area contributed by atoms with E-state index < -0.39 is 97.5 Å². The summed E-state index contributed by atoms with van der Waals surface area (Å²) in [7, 11) is -9.91. The van der Waals surface area contributed by atoms with Gasteiger partial charge in [0.05, 0.1) is 26.4 Å². The highest BCUT2D eigenvalue weighted by atomic mass is 31.2. The normalized spacial score (nSPS) is 14.3. The Morgan fingerprint density at radius 3 is 0.792 bits per heavy atom. The summed E-state index contributed by atoms with van der Waals surface area (Å²) in [5, 5.41) is 10.6. The molecule has 96 heavy (non-hydrogen) atoms. The third-order valence-electron chi connectivity index (χ3n) is 18.3. The number of carbonyl (C=O) groups excluding carboxylic acids is 4. The molecule has 0 bridgehead atoms. The second-order valence-corrected chi connectivity index (χ2v) is 31.4. The summed E-state index contributed by atoms with van der Waals surface area (Å²) in [6.07, 6.45) is 56.9. The van der Waals surface area contributed by atoms with Crippen molar-refractivity contribution in [2.45, 2.75) is 419 Å². The van der Waals surface area contributed by atoms with Crippen molar-refractivity contribution in [3.63, 3.8) is 0 Å². The summed E-state index contributed by atoms with van der Waals surface area (Å²) in [6.45, 7) is 9.59. The van der Waals surface area contributed by atoms with Crippen molar-refractivity contribution in [1.29, 1.82) is 0 Å². The molecule has 3 unspecified atom stereocenters. The van der Waals surface area contributed by atoms with E-state index in [9.17, 15) is 43.2 Å². The van der Waals surface area contributed by atoms with Crippen LogP contribution in [0.3, 0.4) is 0 Å². The first kappa shape index (κ1) is 94.1. The van der Waals surface area contributed by atoms with Gasteiger partial charge in [-0.25, -0.2) is 9.13 Å². The average molecular weight is 1410 g/mol. The first-order valence-corrected chi connectivity index (χ1v) is 43.0. The minimum atomic E-state index is -4.96. The van der Waals surface area contributed by atoms with Crippen LogP contribution in [0.2, 0.25) is 0 Å². The molecule has 0 fully saturated rings. The molecule has 0 saturated carbocycles. The third-order valence-corrected chi connectivity index (χ3v) is 20.2. The number of ether oxygens (including phenoxy) is 4. The molecule has 0 aliphatic heterocycles. The average Bonchev–Trinajstić information content (AvgIpc) is 1.54. The Hall–Kier alpha value is -1.94. The molecule has 0 aromatic heterocycles. The minimum absolute atomic E-state index is 0.105. The lowest BCUT2D eigenvalue weighted by Gasteiger charge is -2.21. The Morgan fingerprint density at radius 1 is 0.302 bits per heavy atom. The van der Waals surface area contributed by atoms with Crippen molar-refractivity contribution in [3.8, 4) is 0 Å². The van der Waals surface area contributed by atoms with Gasteiger partial charge in [-0.3, -0.25) is 37.3 Å². The van der Waals surface area contributed by atoms with Crippen LogP contribution in [0.15, 0.2) is 0 Å². The van der Waals surface area contributed by atoms with Crippen LogP contribution in [-0.4, -0.2) is 96.7 Å². The van der Waals surface area contributed by atoms with Gasteiger partial charge in [0.1, 0.15) is 19.3 Å². The van der Waals surface area contributed by atoms with Gasteiger partial charge in [0, 0.05) is 25.7 Å². The van der Waals surface area contributed by atoms with E-state index in [4.69, 9.17) is 37.0 Å². The van der Waals surface area contributed by atoms with E-state index in [-0.39, 0.29) is 25.7 Å². The molecule has 0 saturated heterocycles. The second-order valence-electron chi connectivity index (χ2n) is 28.5. The van der Waals surface area contributed by atoms with Gasteiger partial charge in [-0.2, -0.15) is 0 Å². The van der Waals surface area contributed by atoms with Crippen LogP contribution in [0.1, 0.15) is 401 Å². The monoisotopic (exact) mass is 1410 g/mol. The second kappa shape index (κ2) is 68.8. The maximum Gasteiger partial charge on any atom is 0.472 e. The molecule has 0 radical (unpaired) electrons. The van der Waals surface area contributed by atoms with Crippen LogP contribution >= 0.6 is 15.6 Å². The lowest BCUT2D eigenvalue weighted by atomic mass is 9.99.